The van der Waals surface area contributed by atoms with E-state index in [9.17, 15) is 4.79 Å². The average Bonchev–Trinajstić information content (AvgIpc) is 2.98. The number of aromatic nitrogens is 3. The van der Waals surface area contributed by atoms with Gasteiger partial charge < -0.3 is 4.90 Å². The van der Waals surface area contributed by atoms with Crippen LogP contribution in [-0.2, 0) is 20.0 Å². The fraction of sp³-hybridized carbons (Fsp3) is 0.250. The summed E-state index contributed by atoms with van der Waals surface area (Å²) in [7, 11) is 1.82. The van der Waals surface area contributed by atoms with Crippen LogP contribution >= 0.6 is 11.6 Å². The summed E-state index contributed by atoms with van der Waals surface area (Å²) in [5, 5.41) is 5.01. The van der Waals surface area contributed by atoms with E-state index in [1.54, 1.807) is 23.3 Å². The molecule has 0 spiro atoms. The van der Waals surface area contributed by atoms with Crippen LogP contribution in [-0.4, -0.2) is 32.1 Å². The lowest BCUT2D eigenvalue weighted by molar-refractivity contribution is 0.0744. The number of hydrogen-bond acceptors (Lipinski definition) is 3. The summed E-state index contributed by atoms with van der Waals surface area (Å²) in [6.45, 7) is 3.00. The summed E-state index contributed by atoms with van der Waals surface area (Å²) < 4.78 is 1.67. The molecule has 5 nitrogen and oxygen atoms in total. The molecule has 1 amide bonds. The number of pyridine rings is 1. The van der Waals surface area contributed by atoms with E-state index in [2.05, 4.69) is 10.1 Å². The highest BCUT2D eigenvalue weighted by Crippen LogP contribution is 2.15. The third-order valence-electron chi connectivity index (χ3n) is 4.24. The number of amides is 1. The summed E-state index contributed by atoms with van der Waals surface area (Å²) in [5.41, 5.74) is 3.57. The third-order valence-corrected chi connectivity index (χ3v) is 4.49. The molecule has 0 fully saturated rings. The Morgan fingerprint density at radius 1 is 1.12 bits per heavy atom. The van der Waals surface area contributed by atoms with Gasteiger partial charge in [0.25, 0.3) is 5.91 Å². The minimum Gasteiger partial charge on any atom is -0.334 e. The number of carbonyl (C=O) groups is 1. The first-order chi connectivity index (χ1) is 12.5. The number of carbonyl (C=O) groups excluding carboxylic acids is 1. The van der Waals surface area contributed by atoms with Gasteiger partial charge in [-0.2, -0.15) is 5.10 Å². The molecule has 0 aliphatic rings. The highest BCUT2D eigenvalue weighted by molar-refractivity contribution is 6.30. The van der Waals surface area contributed by atoms with Gasteiger partial charge in [0.2, 0.25) is 0 Å². The molecule has 134 valence electrons. The first-order valence-electron chi connectivity index (χ1n) is 8.46. The first-order valence-corrected chi connectivity index (χ1v) is 8.83. The highest BCUT2D eigenvalue weighted by atomic mass is 35.5. The minimum atomic E-state index is -0.0126. The van der Waals surface area contributed by atoms with Crippen molar-refractivity contribution < 1.29 is 4.79 Å². The molecule has 0 aliphatic heterocycles. The van der Waals surface area contributed by atoms with E-state index < -0.39 is 0 Å². The second kappa shape index (κ2) is 8.15. The molecular weight excluding hydrogens is 348 g/mol. The van der Waals surface area contributed by atoms with Crippen molar-refractivity contribution in [3.05, 3.63) is 82.4 Å². The van der Waals surface area contributed by atoms with E-state index in [0.29, 0.717) is 23.7 Å². The van der Waals surface area contributed by atoms with Crippen LogP contribution in [0.15, 0.2) is 55.0 Å². The highest BCUT2D eigenvalue weighted by Gasteiger charge is 2.20. The number of halogens is 1. The van der Waals surface area contributed by atoms with Crippen molar-refractivity contribution in [1.82, 2.24) is 19.7 Å². The quantitative estimate of drug-likeness (QED) is 0.667. The minimum absolute atomic E-state index is 0.0126. The van der Waals surface area contributed by atoms with Crippen molar-refractivity contribution in [2.75, 3.05) is 6.54 Å². The number of nitrogens with zero attached hydrogens (tertiary/aromatic N) is 4. The normalized spacial score (nSPS) is 10.7. The van der Waals surface area contributed by atoms with E-state index in [1.165, 1.54) is 0 Å². The lowest BCUT2D eigenvalue weighted by Crippen LogP contribution is -2.32. The fourth-order valence-electron chi connectivity index (χ4n) is 2.86. The smallest absolute Gasteiger partial charge is 0.257 e. The summed E-state index contributed by atoms with van der Waals surface area (Å²) >= 11 is 5.95. The molecule has 0 aliphatic carbocycles. The van der Waals surface area contributed by atoms with Gasteiger partial charge in [0.05, 0.1) is 11.3 Å². The van der Waals surface area contributed by atoms with Crippen LogP contribution in [0.25, 0.3) is 0 Å². The second-order valence-electron chi connectivity index (χ2n) is 6.26. The van der Waals surface area contributed by atoms with E-state index in [4.69, 9.17) is 11.6 Å². The topological polar surface area (TPSA) is 51.0 Å². The van der Waals surface area contributed by atoms with Crippen LogP contribution in [0.5, 0.6) is 0 Å². The van der Waals surface area contributed by atoms with Crippen LogP contribution in [0, 0.1) is 6.92 Å². The molecule has 0 radical (unpaired) electrons. The van der Waals surface area contributed by atoms with Gasteiger partial charge in [0, 0.05) is 43.8 Å². The van der Waals surface area contributed by atoms with Crippen LogP contribution in [0.1, 0.15) is 27.2 Å². The maximum atomic E-state index is 13.1. The number of aryl methyl sites for hydroxylation is 2. The number of benzene rings is 1. The number of hydrogen-bond donors (Lipinski definition) is 0. The summed E-state index contributed by atoms with van der Waals surface area (Å²) in [5.74, 6) is -0.0126. The monoisotopic (exact) mass is 368 g/mol. The lowest BCUT2D eigenvalue weighted by atomic mass is 10.1. The molecule has 3 rings (SSSR count). The van der Waals surface area contributed by atoms with Gasteiger partial charge in [0.1, 0.15) is 0 Å². The van der Waals surface area contributed by atoms with Gasteiger partial charge >= 0.3 is 0 Å². The Morgan fingerprint density at radius 3 is 2.42 bits per heavy atom. The molecule has 6 heteroatoms. The molecule has 26 heavy (non-hydrogen) atoms. The predicted molar refractivity (Wildman–Crippen MR) is 102 cm³/mol. The summed E-state index contributed by atoms with van der Waals surface area (Å²) in [6.07, 6.45) is 6.02. The fourth-order valence-corrected chi connectivity index (χ4v) is 2.98. The maximum absolute atomic E-state index is 13.1. The SMILES string of the molecule is Cc1nn(C)cc1C(=O)N(CCc1ccc(Cl)cc1)Cc1ccncc1. The van der Waals surface area contributed by atoms with Gasteiger partial charge in [0.15, 0.2) is 0 Å². The Labute approximate surface area is 158 Å². The molecular formula is C20H21ClN4O. The van der Waals surface area contributed by atoms with Gasteiger partial charge in [-0.3, -0.25) is 14.5 Å². The molecule has 1 aromatic carbocycles. The van der Waals surface area contributed by atoms with E-state index >= 15 is 0 Å². The van der Waals surface area contributed by atoms with Gasteiger partial charge in [-0.1, -0.05) is 23.7 Å². The zero-order valence-corrected chi connectivity index (χ0v) is 15.6. The van der Waals surface area contributed by atoms with Crippen molar-refractivity contribution in [1.29, 1.82) is 0 Å². The van der Waals surface area contributed by atoms with Gasteiger partial charge in [-0.15, -0.1) is 0 Å². The Bertz CT molecular complexity index is 875. The maximum Gasteiger partial charge on any atom is 0.257 e. The Hall–Kier alpha value is -2.66. The Morgan fingerprint density at radius 2 is 1.81 bits per heavy atom. The largest absolute Gasteiger partial charge is 0.334 e. The van der Waals surface area contributed by atoms with Crippen molar-refractivity contribution in [2.24, 2.45) is 7.05 Å². The average molecular weight is 369 g/mol. The molecule has 3 aromatic rings. The Kier molecular flexibility index (Phi) is 5.68. The lowest BCUT2D eigenvalue weighted by Gasteiger charge is -2.23. The van der Waals surface area contributed by atoms with Crippen molar-refractivity contribution in [3.63, 3.8) is 0 Å². The van der Waals surface area contributed by atoms with Crippen LogP contribution in [0.4, 0.5) is 0 Å². The van der Waals surface area contributed by atoms with Crippen LogP contribution in [0.2, 0.25) is 5.02 Å². The van der Waals surface area contributed by atoms with E-state index in [1.807, 2.05) is 55.3 Å². The van der Waals surface area contributed by atoms with E-state index in [0.717, 1.165) is 23.2 Å². The summed E-state index contributed by atoms with van der Waals surface area (Å²) in [6, 6.07) is 11.6. The predicted octanol–water partition coefficient (Wildman–Crippen LogP) is 3.66. The summed E-state index contributed by atoms with van der Waals surface area (Å²) in [4.78, 5) is 19.0. The van der Waals surface area contributed by atoms with E-state index in [-0.39, 0.29) is 5.91 Å². The molecule has 2 aromatic heterocycles. The van der Waals surface area contributed by atoms with Gasteiger partial charge in [-0.25, -0.2) is 0 Å². The van der Waals surface area contributed by atoms with Crippen LogP contribution in [0.3, 0.4) is 0 Å². The second-order valence-corrected chi connectivity index (χ2v) is 6.70. The van der Waals surface area contributed by atoms with Crippen molar-refractivity contribution in [3.8, 4) is 0 Å². The molecule has 0 saturated heterocycles. The molecule has 0 saturated carbocycles. The van der Waals surface area contributed by atoms with Gasteiger partial charge in [-0.05, 0) is 48.7 Å². The van der Waals surface area contributed by atoms with Crippen LogP contribution < -0.4 is 0 Å². The molecule has 0 N–H and O–H groups in total. The standard InChI is InChI=1S/C20H21ClN4O/c1-15-19(14-24(2)23-15)20(26)25(13-17-7-10-22-11-8-17)12-9-16-3-5-18(21)6-4-16/h3-8,10-11,14H,9,12-13H2,1-2H3. The Balaban J connectivity index is 1.79. The van der Waals surface area contributed by atoms with Crippen molar-refractivity contribution >= 4 is 17.5 Å². The molecule has 0 bridgehead atoms. The zero-order chi connectivity index (χ0) is 18.5. The molecule has 0 unspecified atom stereocenters. The number of rotatable bonds is 6. The zero-order valence-electron chi connectivity index (χ0n) is 14.9. The first kappa shape index (κ1) is 18.1. The van der Waals surface area contributed by atoms with Crippen molar-refractivity contribution in [2.45, 2.75) is 19.9 Å². The molecule has 0 atom stereocenters. The third kappa shape index (κ3) is 4.49. The molecule has 2 heterocycles.